The molecule has 0 unspecified atom stereocenters. The first-order valence-corrected chi connectivity index (χ1v) is 6.14. The van der Waals surface area contributed by atoms with Gasteiger partial charge in [0.1, 0.15) is 11.6 Å². The maximum Gasteiger partial charge on any atom is 0.127 e. The third-order valence-corrected chi connectivity index (χ3v) is 2.89. The van der Waals surface area contributed by atoms with Crippen LogP contribution in [0.4, 0.5) is 4.39 Å². The molecule has 0 aliphatic heterocycles. The highest BCUT2D eigenvalue weighted by Gasteiger charge is 2.16. The van der Waals surface area contributed by atoms with Gasteiger partial charge in [0.2, 0.25) is 0 Å². The Balaban J connectivity index is 2.56. The van der Waals surface area contributed by atoms with Crippen molar-refractivity contribution in [3.63, 3.8) is 0 Å². The van der Waals surface area contributed by atoms with Gasteiger partial charge in [0.05, 0.1) is 12.2 Å². The molecule has 2 N–H and O–H groups in total. The molecule has 0 saturated carbocycles. The van der Waals surface area contributed by atoms with Crippen molar-refractivity contribution in [3.05, 3.63) is 29.6 Å². The number of rotatable bonds is 7. The van der Waals surface area contributed by atoms with E-state index in [2.05, 4.69) is 0 Å². The van der Waals surface area contributed by atoms with E-state index in [9.17, 15) is 4.39 Å². The van der Waals surface area contributed by atoms with Crippen molar-refractivity contribution >= 4 is 0 Å². The maximum absolute atomic E-state index is 13.3. The van der Waals surface area contributed by atoms with E-state index in [1.807, 2.05) is 19.9 Å². The van der Waals surface area contributed by atoms with Gasteiger partial charge in [-0.3, -0.25) is 0 Å². The minimum Gasteiger partial charge on any atom is -0.493 e. The molecule has 0 saturated heterocycles. The van der Waals surface area contributed by atoms with Gasteiger partial charge in [-0.05, 0) is 44.5 Å². The fraction of sp³-hybridized carbons (Fsp3) is 0.571. The zero-order chi connectivity index (χ0) is 13.6. The largest absolute Gasteiger partial charge is 0.493 e. The molecule has 4 heteroatoms. The summed E-state index contributed by atoms with van der Waals surface area (Å²) in [5.74, 6) is 0.257. The first-order chi connectivity index (χ1) is 8.46. The predicted molar refractivity (Wildman–Crippen MR) is 70.4 cm³/mol. The van der Waals surface area contributed by atoms with Crippen LogP contribution in [0.25, 0.3) is 0 Å². The van der Waals surface area contributed by atoms with Gasteiger partial charge in [0.25, 0.3) is 0 Å². The Labute approximate surface area is 108 Å². The lowest BCUT2D eigenvalue weighted by Crippen LogP contribution is -2.25. The van der Waals surface area contributed by atoms with Crippen LogP contribution in [0.5, 0.6) is 5.75 Å². The van der Waals surface area contributed by atoms with E-state index in [0.717, 1.165) is 12.0 Å². The highest BCUT2D eigenvalue weighted by molar-refractivity contribution is 5.29. The Morgan fingerprint density at radius 2 is 2.00 bits per heavy atom. The van der Waals surface area contributed by atoms with Crippen LogP contribution in [0.15, 0.2) is 18.2 Å². The lowest BCUT2D eigenvalue weighted by molar-refractivity contribution is 0.00543. The van der Waals surface area contributed by atoms with Crippen LogP contribution in [0, 0.1) is 5.82 Å². The lowest BCUT2D eigenvalue weighted by atomic mass is 10.1. The van der Waals surface area contributed by atoms with Crippen molar-refractivity contribution in [2.45, 2.75) is 32.3 Å². The summed E-state index contributed by atoms with van der Waals surface area (Å²) in [4.78, 5) is 0. The fourth-order valence-electron chi connectivity index (χ4n) is 1.53. The van der Waals surface area contributed by atoms with Gasteiger partial charge in [0, 0.05) is 19.6 Å². The summed E-state index contributed by atoms with van der Waals surface area (Å²) in [6.45, 7) is 4.97. The van der Waals surface area contributed by atoms with Gasteiger partial charge in [-0.25, -0.2) is 4.39 Å². The average Bonchev–Trinajstić information content (AvgIpc) is 2.28. The molecule has 0 atom stereocenters. The number of nitrogens with two attached hydrogens (primary N) is 1. The number of benzene rings is 1. The molecule has 1 rings (SSSR count). The molecule has 1 aromatic rings. The molecule has 0 aliphatic carbocycles. The molecule has 0 bridgehead atoms. The minimum atomic E-state index is -0.290. The summed E-state index contributed by atoms with van der Waals surface area (Å²) in [6, 6.07) is 4.70. The number of halogens is 1. The number of hydrogen-bond donors (Lipinski definition) is 1. The van der Waals surface area contributed by atoms with E-state index in [1.165, 1.54) is 12.1 Å². The first kappa shape index (κ1) is 14.9. The number of hydrogen-bond acceptors (Lipinski definition) is 3. The SMILES string of the molecule is COC(C)(C)CCOc1cc(F)cc(CCN)c1. The maximum atomic E-state index is 13.3. The first-order valence-electron chi connectivity index (χ1n) is 6.14. The van der Waals surface area contributed by atoms with Crippen LogP contribution in [0.1, 0.15) is 25.8 Å². The van der Waals surface area contributed by atoms with Crippen molar-refractivity contribution in [1.82, 2.24) is 0 Å². The minimum absolute atomic E-state index is 0.229. The summed E-state index contributed by atoms with van der Waals surface area (Å²) in [5, 5.41) is 0. The average molecular weight is 255 g/mol. The highest BCUT2D eigenvalue weighted by Crippen LogP contribution is 2.19. The molecule has 0 radical (unpaired) electrons. The highest BCUT2D eigenvalue weighted by atomic mass is 19.1. The zero-order valence-corrected chi connectivity index (χ0v) is 11.3. The van der Waals surface area contributed by atoms with Gasteiger partial charge >= 0.3 is 0 Å². The normalized spacial score (nSPS) is 11.6. The van der Waals surface area contributed by atoms with Crippen molar-refractivity contribution in [2.75, 3.05) is 20.3 Å². The Hall–Kier alpha value is -1.13. The van der Waals surface area contributed by atoms with Crippen LogP contribution >= 0.6 is 0 Å². The summed E-state index contributed by atoms with van der Waals surface area (Å²) in [5.41, 5.74) is 6.09. The molecule has 1 aromatic carbocycles. The Bertz CT molecular complexity index is 380. The Morgan fingerprint density at radius 1 is 1.28 bits per heavy atom. The molecular weight excluding hydrogens is 233 g/mol. The number of methoxy groups -OCH3 is 1. The molecule has 0 amide bonds. The van der Waals surface area contributed by atoms with Gasteiger partial charge in [-0.2, -0.15) is 0 Å². The summed E-state index contributed by atoms with van der Waals surface area (Å²) in [7, 11) is 1.67. The molecule has 3 nitrogen and oxygen atoms in total. The van der Waals surface area contributed by atoms with E-state index < -0.39 is 0 Å². The van der Waals surface area contributed by atoms with Gasteiger partial charge < -0.3 is 15.2 Å². The molecule has 102 valence electrons. The second-order valence-corrected chi connectivity index (χ2v) is 4.90. The Morgan fingerprint density at radius 3 is 2.61 bits per heavy atom. The van der Waals surface area contributed by atoms with Crippen molar-refractivity contribution < 1.29 is 13.9 Å². The second kappa shape index (κ2) is 6.71. The Kier molecular flexibility index (Phi) is 5.56. The molecule has 0 heterocycles. The summed E-state index contributed by atoms with van der Waals surface area (Å²) < 4.78 is 24.2. The van der Waals surface area contributed by atoms with E-state index in [0.29, 0.717) is 25.3 Å². The lowest BCUT2D eigenvalue weighted by Gasteiger charge is -2.22. The summed E-state index contributed by atoms with van der Waals surface area (Å²) in [6.07, 6.45) is 1.39. The van der Waals surface area contributed by atoms with Crippen LogP contribution in [0.2, 0.25) is 0 Å². The molecule has 0 aromatic heterocycles. The topological polar surface area (TPSA) is 44.5 Å². The zero-order valence-electron chi connectivity index (χ0n) is 11.3. The fourth-order valence-corrected chi connectivity index (χ4v) is 1.53. The second-order valence-electron chi connectivity index (χ2n) is 4.90. The molecule has 0 aliphatic rings. The quantitative estimate of drug-likeness (QED) is 0.814. The standard InChI is InChI=1S/C14H22FNO2/c1-14(2,17-3)5-7-18-13-9-11(4-6-16)8-12(15)10-13/h8-10H,4-7,16H2,1-3H3. The monoisotopic (exact) mass is 255 g/mol. The van der Waals surface area contributed by atoms with Crippen molar-refractivity contribution in [1.29, 1.82) is 0 Å². The van der Waals surface area contributed by atoms with E-state index in [-0.39, 0.29) is 11.4 Å². The molecule has 0 spiro atoms. The van der Waals surface area contributed by atoms with Crippen molar-refractivity contribution in [3.8, 4) is 5.75 Å². The van der Waals surface area contributed by atoms with E-state index in [4.69, 9.17) is 15.2 Å². The summed E-state index contributed by atoms with van der Waals surface area (Å²) >= 11 is 0. The van der Waals surface area contributed by atoms with Crippen LogP contribution in [-0.2, 0) is 11.2 Å². The third kappa shape index (κ3) is 5.02. The van der Waals surface area contributed by atoms with Gasteiger partial charge in [-0.15, -0.1) is 0 Å². The van der Waals surface area contributed by atoms with Crippen LogP contribution in [-0.4, -0.2) is 25.9 Å². The molecular formula is C14H22FNO2. The van der Waals surface area contributed by atoms with Gasteiger partial charge in [-0.1, -0.05) is 0 Å². The van der Waals surface area contributed by atoms with Crippen molar-refractivity contribution in [2.24, 2.45) is 5.73 Å². The predicted octanol–water partition coefficient (Wildman–Crippen LogP) is 2.52. The van der Waals surface area contributed by atoms with Crippen LogP contribution in [0.3, 0.4) is 0 Å². The third-order valence-electron chi connectivity index (χ3n) is 2.89. The van der Waals surface area contributed by atoms with Gasteiger partial charge in [0.15, 0.2) is 0 Å². The smallest absolute Gasteiger partial charge is 0.127 e. The molecule has 18 heavy (non-hydrogen) atoms. The van der Waals surface area contributed by atoms with Crippen LogP contribution < -0.4 is 10.5 Å². The molecule has 0 fully saturated rings. The van der Waals surface area contributed by atoms with E-state index >= 15 is 0 Å². The number of ether oxygens (including phenoxy) is 2. The van der Waals surface area contributed by atoms with E-state index in [1.54, 1.807) is 7.11 Å².